The first-order valence-corrected chi connectivity index (χ1v) is 7.52. The average Bonchev–Trinajstić information content (AvgIpc) is 2.96. The van der Waals surface area contributed by atoms with E-state index in [-0.39, 0.29) is 5.91 Å². The predicted octanol–water partition coefficient (Wildman–Crippen LogP) is 2.03. The van der Waals surface area contributed by atoms with E-state index in [4.69, 9.17) is 5.73 Å². The summed E-state index contributed by atoms with van der Waals surface area (Å²) in [6.45, 7) is 6.21. The van der Waals surface area contributed by atoms with Gasteiger partial charge in [0.2, 0.25) is 0 Å². The molecule has 0 atom stereocenters. The van der Waals surface area contributed by atoms with Crippen LogP contribution in [0, 0.1) is 6.92 Å². The maximum atomic E-state index is 12.1. The molecule has 0 fully saturated rings. The van der Waals surface area contributed by atoms with Crippen LogP contribution in [0.1, 0.15) is 39.2 Å². The van der Waals surface area contributed by atoms with Gasteiger partial charge in [-0.2, -0.15) is 0 Å². The minimum atomic E-state index is -0.511. The lowest BCUT2D eigenvalue weighted by Crippen LogP contribution is -2.41. The molecule has 2 heterocycles. The van der Waals surface area contributed by atoms with Crippen LogP contribution in [0.25, 0.3) is 0 Å². The van der Waals surface area contributed by atoms with Gasteiger partial charge in [0.1, 0.15) is 15.7 Å². The molecule has 0 saturated carbocycles. The number of hydrogen-bond donors (Lipinski definition) is 2. The molecule has 1 amide bonds. The number of rotatable bonds is 4. The van der Waals surface area contributed by atoms with Crippen LogP contribution in [0.4, 0.5) is 0 Å². The van der Waals surface area contributed by atoms with E-state index in [1.807, 2.05) is 27.0 Å². The first-order valence-electron chi connectivity index (χ1n) is 5.82. The lowest BCUT2D eigenvalue weighted by Gasteiger charge is -2.23. The zero-order valence-corrected chi connectivity index (χ0v) is 12.7. The molecule has 0 saturated heterocycles. The summed E-state index contributed by atoms with van der Waals surface area (Å²) in [4.78, 5) is 21.8. The minimum absolute atomic E-state index is 0.200. The highest BCUT2D eigenvalue weighted by molar-refractivity contribution is 7.11. The molecule has 0 aliphatic carbocycles. The van der Waals surface area contributed by atoms with Gasteiger partial charge in [0.25, 0.3) is 5.91 Å². The highest BCUT2D eigenvalue weighted by atomic mass is 32.1. The Hall–Kier alpha value is -1.31. The third-order valence-electron chi connectivity index (χ3n) is 2.54. The average molecular weight is 296 g/mol. The van der Waals surface area contributed by atoms with Crippen LogP contribution >= 0.6 is 22.7 Å². The second-order valence-electron chi connectivity index (χ2n) is 4.69. The molecule has 102 valence electrons. The van der Waals surface area contributed by atoms with E-state index in [2.05, 4.69) is 15.3 Å². The van der Waals surface area contributed by atoms with E-state index < -0.39 is 5.54 Å². The standard InChI is InChI=1S/C12H16N4OS2/c1-7-5-14-11(19-7)12(2,3)16-10(17)8-6-18-9(4-13)15-8/h5-6H,4,13H2,1-3H3,(H,16,17). The fourth-order valence-corrected chi connectivity index (χ4v) is 3.03. The van der Waals surface area contributed by atoms with E-state index in [1.165, 1.54) is 11.3 Å². The molecule has 0 bridgehead atoms. The van der Waals surface area contributed by atoms with Crippen molar-refractivity contribution in [2.45, 2.75) is 32.9 Å². The largest absolute Gasteiger partial charge is 0.339 e. The van der Waals surface area contributed by atoms with Crippen molar-refractivity contribution in [2.24, 2.45) is 5.73 Å². The van der Waals surface area contributed by atoms with Crippen molar-refractivity contribution >= 4 is 28.6 Å². The Balaban J connectivity index is 2.13. The Kier molecular flexibility index (Phi) is 3.98. The van der Waals surface area contributed by atoms with Crippen LogP contribution in [-0.4, -0.2) is 15.9 Å². The molecule has 5 nitrogen and oxygen atoms in total. The summed E-state index contributed by atoms with van der Waals surface area (Å²) in [5, 5.41) is 6.31. The van der Waals surface area contributed by atoms with Gasteiger partial charge < -0.3 is 11.1 Å². The third kappa shape index (κ3) is 3.17. The Labute approximate surface area is 119 Å². The molecule has 2 rings (SSSR count). The number of aryl methyl sites for hydroxylation is 1. The monoisotopic (exact) mass is 296 g/mol. The first kappa shape index (κ1) is 14.1. The van der Waals surface area contributed by atoms with Crippen LogP contribution in [0.15, 0.2) is 11.6 Å². The van der Waals surface area contributed by atoms with Crippen molar-refractivity contribution in [1.29, 1.82) is 0 Å². The van der Waals surface area contributed by atoms with Gasteiger partial charge in [0, 0.05) is 23.0 Å². The summed E-state index contributed by atoms with van der Waals surface area (Å²) in [5.41, 5.74) is 5.39. The minimum Gasteiger partial charge on any atom is -0.339 e. The SMILES string of the molecule is Cc1cnc(C(C)(C)NC(=O)c2csc(CN)n2)s1. The number of carbonyl (C=O) groups is 1. The number of carbonyl (C=O) groups excluding carboxylic acids is 1. The quantitative estimate of drug-likeness (QED) is 0.904. The van der Waals surface area contributed by atoms with Crippen LogP contribution < -0.4 is 11.1 Å². The molecule has 0 aliphatic heterocycles. The lowest BCUT2D eigenvalue weighted by atomic mass is 10.1. The normalized spacial score (nSPS) is 11.6. The molecule has 0 aliphatic rings. The molecule has 0 spiro atoms. The fraction of sp³-hybridized carbons (Fsp3) is 0.417. The van der Waals surface area contributed by atoms with E-state index in [0.717, 1.165) is 14.9 Å². The zero-order valence-electron chi connectivity index (χ0n) is 11.1. The number of amides is 1. The maximum absolute atomic E-state index is 12.1. The van der Waals surface area contributed by atoms with Crippen LogP contribution in [-0.2, 0) is 12.1 Å². The Morgan fingerprint density at radius 2 is 2.26 bits per heavy atom. The Morgan fingerprint density at radius 3 is 2.79 bits per heavy atom. The molecule has 0 aromatic carbocycles. The Morgan fingerprint density at radius 1 is 1.53 bits per heavy atom. The number of hydrogen-bond acceptors (Lipinski definition) is 6. The van der Waals surface area contributed by atoms with Crippen LogP contribution in [0.3, 0.4) is 0 Å². The highest BCUT2D eigenvalue weighted by Gasteiger charge is 2.27. The number of nitrogens with one attached hydrogen (secondary N) is 1. The molecule has 19 heavy (non-hydrogen) atoms. The zero-order chi connectivity index (χ0) is 14.0. The van der Waals surface area contributed by atoms with Gasteiger partial charge in [-0.3, -0.25) is 4.79 Å². The highest BCUT2D eigenvalue weighted by Crippen LogP contribution is 2.25. The number of thiazole rings is 2. The topological polar surface area (TPSA) is 80.9 Å². The molecular weight excluding hydrogens is 280 g/mol. The van der Waals surface area contributed by atoms with Crippen molar-refractivity contribution in [2.75, 3.05) is 0 Å². The smallest absolute Gasteiger partial charge is 0.271 e. The Bertz CT molecular complexity index is 588. The summed E-state index contributed by atoms with van der Waals surface area (Å²) in [6.07, 6.45) is 1.81. The second-order valence-corrected chi connectivity index (χ2v) is 6.86. The lowest BCUT2D eigenvalue weighted by molar-refractivity contribution is 0.0907. The van der Waals surface area contributed by atoms with E-state index in [1.54, 1.807) is 16.7 Å². The third-order valence-corrected chi connectivity index (χ3v) is 4.65. The van der Waals surface area contributed by atoms with Gasteiger partial charge in [0.05, 0.1) is 5.54 Å². The molecule has 3 N–H and O–H groups in total. The van der Waals surface area contributed by atoms with Gasteiger partial charge in [-0.15, -0.1) is 22.7 Å². The van der Waals surface area contributed by atoms with E-state index in [0.29, 0.717) is 12.2 Å². The molecule has 0 unspecified atom stereocenters. The number of nitrogens with two attached hydrogens (primary N) is 1. The van der Waals surface area contributed by atoms with Gasteiger partial charge in [-0.1, -0.05) is 0 Å². The number of nitrogens with zero attached hydrogens (tertiary/aromatic N) is 2. The van der Waals surface area contributed by atoms with Crippen molar-refractivity contribution in [3.05, 3.63) is 32.2 Å². The van der Waals surface area contributed by atoms with Crippen molar-refractivity contribution in [1.82, 2.24) is 15.3 Å². The van der Waals surface area contributed by atoms with Gasteiger partial charge in [-0.05, 0) is 20.8 Å². The molecule has 7 heteroatoms. The summed E-state index contributed by atoms with van der Waals surface area (Å²) < 4.78 is 0. The molecule has 2 aromatic heterocycles. The number of aromatic nitrogens is 2. The summed E-state index contributed by atoms with van der Waals surface area (Å²) in [5.74, 6) is -0.200. The summed E-state index contributed by atoms with van der Waals surface area (Å²) in [6, 6.07) is 0. The summed E-state index contributed by atoms with van der Waals surface area (Å²) >= 11 is 2.97. The van der Waals surface area contributed by atoms with Gasteiger partial charge in [-0.25, -0.2) is 9.97 Å². The second kappa shape index (κ2) is 5.36. The van der Waals surface area contributed by atoms with Gasteiger partial charge >= 0.3 is 0 Å². The summed E-state index contributed by atoms with van der Waals surface area (Å²) in [7, 11) is 0. The van der Waals surface area contributed by atoms with E-state index >= 15 is 0 Å². The fourth-order valence-electron chi connectivity index (χ4n) is 1.55. The van der Waals surface area contributed by atoms with E-state index in [9.17, 15) is 4.79 Å². The van der Waals surface area contributed by atoms with Gasteiger partial charge in [0.15, 0.2) is 0 Å². The van der Waals surface area contributed by atoms with Crippen LogP contribution in [0.2, 0.25) is 0 Å². The molecule has 0 radical (unpaired) electrons. The van der Waals surface area contributed by atoms with Crippen LogP contribution in [0.5, 0.6) is 0 Å². The molecule has 2 aromatic rings. The first-order chi connectivity index (χ1) is 8.92. The molecular formula is C12H16N4OS2. The van der Waals surface area contributed by atoms with Crippen molar-refractivity contribution in [3.8, 4) is 0 Å². The van der Waals surface area contributed by atoms with Crippen molar-refractivity contribution in [3.63, 3.8) is 0 Å². The maximum Gasteiger partial charge on any atom is 0.271 e. The van der Waals surface area contributed by atoms with Crippen molar-refractivity contribution < 1.29 is 4.79 Å². The predicted molar refractivity (Wildman–Crippen MR) is 77.3 cm³/mol.